The maximum atomic E-state index is 13.8. The molecule has 0 radical (unpaired) electrons. The number of nitrogens with zero attached hydrogens (tertiary/aromatic N) is 5. The summed E-state index contributed by atoms with van der Waals surface area (Å²) in [5, 5.41) is 12.4. The van der Waals surface area contributed by atoms with Crippen molar-refractivity contribution < 1.29 is 29.0 Å². The first-order chi connectivity index (χ1) is 28.1. The number of alkyl carbamates (subject to hydrolysis) is 1. The van der Waals surface area contributed by atoms with Crippen LogP contribution in [0.4, 0.5) is 9.59 Å². The molecular formula is C45H58N8O6. The van der Waals surface area contributed by atoms with Crippen molar-refractivity contribution in [2.75, 3.05) is 27.2 Å². The smallest absolute Gasteiger partial charge is 0.407 e. The summed E-state index contributed by atoms with van der Waals surface area (Å²) in [5.41, 5.74) is 6.39. The quantitative estimate of drug-likeness (QED) is 0.113. The molecule has 8 atom stereocenters. The van der Waals surface area contributed by atoms with Crippen LogP contribution in [0.1, 0.15) is 108 Å². The Morgan fingerprint density at radius 3 is 1.61 bits per heavy atom. The van der Waals surface area contributed by atoms with Crippen molar-refractivity contribution in [3.05, 3.63) is 83.7 Å². The van der Waals surface area contributed by atoms with Gasteiger partial charge in [-0.2, -0.15) is 0 Å². The average Bonchev–Trinajstić information content (AvgIpc) is 3.63. The molecule has 2 aromatic carbocycles. The maximum Gasteiger partial charge on any atom is 0.407 e. The highest BCUT2D eigenvalue weighted by Gasteiger charge is 2.43. The number of likely N-dealkylation sites (tertiary alicyclic amines) is 2. The molecule has 4 heterocycles. The van der Waals surface area contributed by atoms with E-state index in [1.807, 2.05) is 45.0 Å². The number of hydrogen-bond donors (Lipinski definition) is 4. The molecule has 2 aromatic heterocycles. The Bertz CT molecular complexity index is 2140. The number of carbonyl (C=O) groups is 4. The van der Waals surface area contributed by atoms with Gasteiger partial charge in [0.1, 0.15) is 23.7 Å². The molecule has 3 aliphatic rings. The fourth-order valence-electron chi connectivity index (χ4n) is 9.22. The van der Waals surface area contributed by atoms with Crippen LogP contribution >= 0.6 is 0 Å². The molecule has 1 aliphatic carbocycles. The number of H-pyrrole nitrogens is 2. The molecule has 2 unspecified atom stereocenters. The number of aromatic amines is 2. The van der Waals surface area contributed by atoms with Crippen molar-refractivity contribution in [2.24, 2.45) is 23.7 Å². The van der Waals surface area contributed by atoms with E-state index in [1.54, 1.807) is 4.90 Å². The average molecular weight is 807 g/mol. The normalized spacial score (nSPS) is 23.7. The van der Waals surface area contributed by atoms with E-state index in [-0.39, 0.29) is 41.7 Å². The maximum absolute atomic E-state index is 13.8. The Hall–Kier alpha value is -5.66. The van der Waals surface area contributed by atoms with Gasteiger partial charge in [0, 0.05) is 20.1 Å². The predicted octanol–water partition coefficient (Wildman–Crippen LogP) is 7.57. The summed E-state index contributed by atoms with van der Waals surface area (Å²) in [7, 11) is 2.76. The summed E-state index contributed by atoms with van der Waals surface area (Å²) < 4.78 is 4.78. The molecular weight excluding hydrogens is 749 g/mol. The molecule has 1 saturated carbocycles. The molecule has 0 spiro atoms. The third-order valence-electron chi connectivity index (χ3n) is 12.5. The molecule has 14 heteroatoms. The minimum atomic E-state index is -1.12. The fourth-order valence-corrected chi connectivity index (χ4v) is 9.22. The number of benzene rings is 2. The second kappa shape index (κ2) is 16.9. The number of methoxy groups -OCH3 is 1. The number of ether oxygens (including phenoxy) is 1. The molecule has 4 N–H and O–H groups in total. The lowest BCUT2D eigenvalue weighted by molar-refractivity contribution is -0.138. The highest BCUT2D eigenvalue weighted by Crippen LogP contribution is 2.55. The highest BCUT2D eigenvalue weighted by atomic mass is 16.5. The van der Waals surface area contributed by atoms with Crippen LogP contribution in [0.15, 0.2) is 60.9 Å². The molecule has 2 aliphatic heterocycles. The number of imidazole rings is 2. The third kappa shape index (κ3) is 8.58. The van der Waals surface area contributed by atoms with Crippen molar-refractivity contribution in [2.45, 2.75) is 96.8 Å². The lowest BCUT2D eigenvalue weighted by atomic mass is 10.0. The fraction of sp³-hybridized carbons (Fsp3) is 0.511. The standard InChI is InChI=1S/C45H58N8O6/c1-24(2)38(50-44(56)59-8)42(54)52-22-26(5)17-36(52)40-46-20-34(48-40)30-13-9-28(10-14-30)32-19-33(32)29-11-15-31(16-12-29)35-21-47-41(49-35)37-18-27(6)23-53(37)43(55)39(25(3)4)51(7)45(57)58/h9-16,20-21,24-27,32-33,36-39H,17-19,22-23H2,1-8H3,(H,46,48)(H,47,49)(H,50,56)(H,57,58)/t26?,27-,32+,33+,36?,37-,38-,39-/m0/s1. The molecule has 14 nitrogen and oxygen atoms in total. The van der Waals surface area contributed by atoms with Gasteiger partial charge in [-0.1, -0.05) is 90.1 Å². The zero-order chi connectivity index (χ0) is 42.3. The second-order valence-corrected chi connectivity index (χ2v) is 17.7. The summed E-state index contributed by atoms with van der Waals surface area (Å²) in [6.07, 6.45) is 4.52. The van der Waals surface area contributed by atoms with Crippen LogP contribution < -0.4 is 5.32 Å². The SMILES string of the molecule is COC(=O)N[C@H](C(=O)N1CC(C)CC1c1ncc(-c2ccc([C@H]3C[C@@H]3c3ccc(-c4cnc([C@@H]5C[C@H](C)CN5C(=O)[C@H](C(C)C)N(C)C(=O)O)[nH]4)cc3)cc2)[nH]1)C(C)C. The molecule has 3 fully saturated rings. The molecule has 7 rings (SSSR count). The molecule has 314 valence electrons. The van der Waals surface area contributed by atoms with Gasteiger partial charge in [-0.05, 0) is 77.0 Å². The molecule has 4 amide bonds. The lowest BCUT2D eigenvalue weighted by Gasteiger charge is -2.33. The van der Waals surface area contributed by atoms with Crippen molar-refractivity contribution >= 4 is 24.0 Å². The number of likely N-dealkylation sites (N-methyl/N-ethyl adjacent to an activating group) is 1. The Labute approximate surface area is 346 Å². The number of carbonyl (C=O) groups excluding carboxylic acids is 3. The van der Waals surface area contributed by atoms with Gasteiger partial charge >= 0.3 is 12.2 Å². The van der Waals surface area contributed by atoms with Crippen LogP contribution in [0.25, 0.3) is 22.5 Å². The number of rotatable bonds is 12. The van der Waals surface area contributed by atoms with Crippen LogP contribution in [0.3, 0.4) is 0 Å². The van der Waals surface area contributed by atoms with Gasteiger partial charge in [0.2, 0.25) is 11.8 Å². The first kappa shape index (κ1) is 41.5. The summed E-state index contributed by atoms with van der Waals surface area (Å²) in [5.74, 6) is 2.28. The largest absolute Gasteiger partial charge is 0.465 e. The molecule has 0 bridgehead atoms. The van der Waals surface area contributed by atoms with Gasteiger partial charge in [-0.3, -0.25) is 14.5 Å². The zero-order valence-corrected chi connectivity index (χ0v) is 35.3. The Morgan fingerprint density at radius 1 is 0.746 bits per heavy atom. The topological polar surface area (TPSA) is 177 Å². The number of hydrogen-bond acceptors (Lipinski definition) is 7. The van der Waals surface area contributed by atoms with Crippen molar-refractivity contribution in [1.29, 1.82) is 0 Å². The van der Waals surface area contributed by atoms with E-state index < -0.39 is 24.3 Å². The van der Waals surface area contributed by atoms with Crippen LogP contribution in [0, 0.1) is 23.7 Å². The van der Waals surface area contributed by atoms with E-state index in [2.05, 4.69) is 77.7 Å². The third-order valence-corrected chi connectivity index (χ3v) is 12.5. The van der Waals surface area contributed by atoms with E-state index in [0.717, 1.165) is 52.5 Å². The van der Waals surface area contributed by atoms with Gasteiger partial charge in [-0.15, -0.1) is 0 Å². The summed E-state index contributed by atoms with van der Waals surface area (Å²) in [4.78, 5) is 72.4. The first-order valence-corrected chi connectivity index (χ1v) is 20.9. The minimum Gasteiger partial charge on any atom is -0.465 e. The van der Waals surface area contributed by atoms with Crippen LogP contribution in [0.5, 0.6) is 0 Å². The number of aromatic nitrogens is 4. The number of amides is 4. The van der Waals surface area contributed by atoms with Gasteiger partial charge in [0.25, 0.3) is 0 Å². The van der Waals surface area contributed by atoms with E-state index in [4.69, 9.17) is 14.7 Å². The van der Waals surface area contributed by atoms with Gasteiger partial charge in [0.05, 0.1) is 43.0 Å². The van der Waals surface area contributed by atoms with Crippen LogP contribution in [0.2, 0.25) is 0 Å². The Morgan fingerprint density at radius 2 is 1.20 bits per heavy atom. The van der Waals surface area contributed by atoms with E-state index >= 15 is 0 Å². The Kier molecular flexibility index (Phi) is 11.9. The van der Waals surface area contributed by atoms with E-state index in [1.165, 1.54) is 25.3 Å². The lowest BCUT2D eigenvalue weighted by Crippen LogP contribution is -2.51. The Balaban J connectivity index is 0.981. The first-order valence-electron chi connectivity index (χ1n) is 20.9. The predicted molar refractivity (Wildman–Crippen MR) is 223 cm³/mol. The minimum absolute atomic E-state index is 0.107. The molecule has 4 aromatic rings. The number of nitrogens with one attached hydrogen (secondary N) is 3. The van der Waals surface area contributed by atoms with Gasteiger partial charge in [0.15, 0.2) is 0 Å². The molecule has 59 heavy (non-hydrogen) atoms. The molecule has 2 saturated heterocycles. The van der Waals surface area contributed by atoms with Crippen molar-refractivity contribution in [3.8, 4) is 22.5 Å². The van der Waals surface area contributed by atoms with Crippen LogP contribution in [-0.4, -0.2) is 103 Å². The van der Waals surface area contributed by atoms with Gasteiger partial charge < -0.3 is 34.9 Å². The van der Waals surface area contributed by atoms with Crippen molar-refractivity contribution in [3.63, 3.8) is 0 Å². The summed E-state index contributed by atoms with van der Waals surface area (Å²) >= 11 is 0. The van der Waals surface area contributed by atoms with E-state index in [9.17, 15) is 24.3 Å². The van der Waals surface area contributed by atoms with E-state index in [0.29, 0.717) is 36.7 Å². The zero-order valence-electron chi connectivity index (χ0n) is 35.3. The summed E-state index contributed by atoms with van der Waals surface area (Å²) in [6.45, 7) is 13.0. The summed E-state index contributed by atoms with van der Waals surface area (Å²) in [6, 6.07) is 15.4. The highest BCUT2D eigenvalue weighted by molar-refractivity contribution is 5.87. The second-order valence-electron chi connectivity index (χ2n) is 17.7. The van der Waals surface area contributed by atoms with Gasteiger partial charge in [-0.25, -0.2) is 19.6 Å². The van der Waals surface area contributed by atoms with Crippen LogP contribution in [-0.2, 0) is 14.3 Å². The number of carboxylic acid groups (broad SMARTS) is 1. The monoisotopic (exact) mass is 806 g/mol. The van der Waals surface area contributed by atoms with Crippen molar-refractivity contribution in [1.82, 2.24) is 40.0 Å².